The minimum absolute atomic E-state index is 0.219. The molecule has 3 heterocycles. The van der Waals surface area contributed by atoms with Crippen LogP contribution in [0, 0.1) is 6.92 Å². The Labute approximate surface area is 173 Å². The van der Waals surface area contributed by atoms with Crippen molar-refractivity contribution in [1.82, 2.24) is 25.2 Å². The number of aromatic nitrogens is 4. The molecular formula is C22H23N5O3. The molecule has 1 atom stereocenters. The fourth-order valence-corrected chi connectivity index (χ4v) is 3.54. The zero-order valence-electron chi connectivity index (χ0n) is 17.3. The van der Waals surface area contributed by atoms with E-state index in [1.54, 1.807) is 19.4 Å². The summed E-state index contributed by atoms with van der Waals surface area (Å²) < 4.78 is 12.6. The minimum atomic E-state index is -0.228. The maximum atomic E-state index is 13.3. The van der Waals surface area contributed by atoms with Gasteiger partial charge in [-0.15, -0.1) is 0 Å². The maximum Gasteiger partial charge on any atom is 0.259 e. The number of nitrogens with one attached hydrogen (secondary N) is 1. The number of fused-ring (bicyclic) bond motifs is 1. The normalized spacial score (nSPS) is 12.1. The van der Waals surface area contributed by atoms with E-state index in [2.05, 4.69) is 20.6 Å². The lowest BCUT2D eigenvalue weighted by molar-refractivity contribution is 0.0939. The van der Waals surface area contributed by atoms with Gasteiger partial charge in [0.05, 0.1) is 29.8 Å². The summed E-state index contributed by atoms with van der Waals surface area (Å²) in [6.07, 6.45) is 1.73. The second-order valence-electron chi connectivity index (χ2n) is 7.02. The zero-order valence-corrected chi connectivity index (χ0v) is 17.3. The predicted octanol–water partition coefficient (Wildman–Crippen LogP) is 3.91. The van der Waals surface area contributed by atoms with Crippen molar-refractivity contribution < 1.29 is 14.1 Å². The van der Waals surface area contributed by atoms with E-state index >= 15 is 0 Å². The molecule has 8 nitrogen and oxygen atoms in total. The fourth-order valence-electron chi connectivity index (χ4n) is 3.54. The second kappa shape index (κ2) is 7.98. The molecule has 4 rings (SSSR count). The number of aryl methyl sites for hydroxylation is 2. The van der Waals surface area contributed by atoms with Crippen molar-refractivity contribution in [1.29, 1.82) is 0 Å². The Kier molecular flexibility index (Phi) is 5.22. The molecule has 0 fully saturated rings. The van der Waals surface area contributed by atoms with Crippen molar-refractivity contribution in [2.45, 2.75) is 33.4 Å². The number of rotatable bonds is 6. The lowest BCUT2D eigenvalue weighted by Gasteiger charge is -2.16. The van der Waals surface area contributed by atoms with Crippen LogP contribution >= 0.6 is 0 Å². The molecule has 4 aromatic rings. The third-order valence-electron chi connectivity index (χ3n) is 5.00. The highest BCUT2D eigenvalue weighted by molar-refractivity contribution is 6.09. The largest absolute Gasteiger partial charge is 0.497 e. The van der Waals surface area contributed by atoms with Crippen LogP contribution in [-0.2, 0) is 6.54 Å². The molecule has 8 heteroatoms. The van der Waals surface area contributed by atoms with Crippen molar-refractivity contribution in [2.24, 2.45) is 0 Å². The van der Waals surface area contributed by atoms with Gasteiger partial charge in [-0.2, -0.15) is 5.10 Å². The van der Waals surface area contributed by atoms with Crippen molar-refractivity contribution in [3.8, 4) is 17.0 Å². The first-order chi connectivity index (χ1) is 14.5. The van der Waals surface area contributed by atoms with Crippen LogP contribution in [0.4, 0.5) is 0 Å². The number of pyridine rings is 1. The van der Waals surface area contributed by atoms with Crippen LogP contribution in [0.5, 0.6) is 5.75 Å². The van der Waals surface area contributed by atoms with Gasteiger partial charge < -0.3 is 14.6 Å². The van der Waals surface area contributed by atoms with Crippen LogP contribution in [0.1, 0.15) is 41.6 Å². The number of methoxy groups -OCH3 is 1. The molecule has 1 amide bonds. The second-order valence-corrected chi connectivity index (χ2v) is 7.02. The molecular weight excluding hydrogens is 382 g/mol. The van der Waals surface area contributed by atoms with Gasteiger partial charge in [-0.3, -0.25) is 9.48 Å². The highest BCUT2D eigenvalue weighted by Gasteiger charge is 2.23. The average Bonchev–Trinajstić information content (AvgIpc) is 3.40. The third kappa shape index (κ3) is 3.52. The Morgan fingerprint density at radius 1 is 1.30 bits per heavy atom. The van der Waals surface area contributed by atoms with E-state index in [9.17, 15) is 4.79 Å². The van der Waals surface area contributed by atoms with E-state index in [-0.39, 0.29) is 11.9 Å². The highest BCUT2D eigenvalue weighted by Crippen LogP contribution is 2.32. The Morgan fingerprint density at radius 2 is 2.13 bits per heavy atom. The molecule has 0 saturated heterocycles. The van der Waals surface area contributed by atoms with Crippen molar-refractivity contribution in [3.05, 3.63) is 59.5 Å². The van der Waals surface area contributed by atoms with Gasteiger partial charge in [-0.05, 0) is 45.0 Å². The SMILES string of the molecule is CCn1nccc1[C@H](C)NC(=O)c1cc(C)nc2onc(-c3cccc(OC)c3)c12. The van der Waals surface area contributed by atoms with Gasteiger partial charge in [-0.1, -0.05) is 17.3 Å². The lowest BCUT2D eigenvalue weighted by Crippen LogP contribution is -2.28. The number of benzene rings is 1. The number of carbonyl (C=O) groups excluding carboxylic acids is 1. The summed E-state index contributed by atoms with van der Waals surface area (Å²) in [5.74, 6) is 0.463. The summed E-state index contributed by atoms with van der Waals surface area (Å²) in [4.78, 5) is 17.7. The van der Waals surface area contributed by atoms with Crippen LogP contribution in [0.3, 0.4) is 0 Å². The Balaban J connectivity index is 1.76. The van der Waals surface area contributed by atoms with Crippen LogP contribution in [0.15, 0.2) is 47.1 Å². The minimum Gasteiger partial charge on any atom is -0.497 e. The quantitative estimate of drug-likeness (QED) is 0.522. The Hall–Kier alpha value is -3.68. The molecule has 3 aromatic heterocycles. The maximum absolute atomic E-state index is 13.3. The first kappa shape index (κ1) is 19.6. The molecule has 1 N–H and O–H groups in total. The molecule has 0 saturated carbocycles. The van der Waals surface area contributed by atoms with E-state index < -0.39 is 0 Å². The van der Waals surface area contributed by atoms with Crippen molar-refractivity contribution in [2.75, 3.05) is 7.11 Å². The molecule has 1 aromatic carbocycles. The van der Waals surface area contributed by atoms with E-state index in [1.807, 2.05) is 55.8 Å². The topological polar surface area (TPSA) is 95.1 Å². The van der Waals surface area contributed by atoms with Crippen molar-refractivity contribution >= 4 is 17.0 Å². The summed E-state index contributed by atoms with van der Waals surface area (Å²) in [6, 6.07) is 10.9. The van der Waals surface area contributed by atoms with E-state index in [1.165, 1.54) is 0 Å². The first-order valence-electron chi connectivity index (χ1n) is 9.75. The summed E-state index contributed by atoms with van der Waals surface area (Å²) in [5, 5.41) is 12.1. The van der Waals surface area contributed by atoms with Crippen LogP contribution in [0.25, 0.3) is 22.4 Å². The van der Waals surface area contributed by atoms with Crippen LogP contribution in [-0.4, -0.2) is 32.9 Å². The van der Waals surface area contributed by atoms with Crippen molar-refractivity contribution in [3.63, 3.8) is 0 Å². The van der Waals surface area contributed by atoms with Gasteiger partial charge in [-0.25, -0.2) is 4.98 Å². The van der Waals surface area contributed by atoms with Gasteiger partial charge >= 0.3 is 0 Å². The Morgan fingerprint density at radius 3 is 2.90 bits per heavy atom. The molecule has 154 valence electrons. The Bertz CT molecular complexity index is 1210. The smallest absolute Gasteiger partial charge is 0.259 e. The number of nitrogens with zero attached hydrogens (tertiary/aromatic N) is 4. The summed E-state index contributed by atoms with van der Waals surface area (Å²) in [7, 11) is 1.60. The summed E-state index contributed by atoms with van der Waals surface area (Å²) >= 11 is 0. The van der Waals surface area contributed by atoms with Crippen LogP contribution in [0.2, 0.25) is 0 Å². The average molecular weight is 405 g/mol. The monoisotopic (exact) mass is 405 g/mol. The van der Waals surface area contributed by atoms with Gasteiger partial charge in [0, 0.05) is 24.0 Å². The molecule has 0 aliphatic rings. The standard InChI is InChI=1S/C22H23N5O3/c1-5-27-18(9-10-23-27)14(3)25-21(28)17-11-13(2)24-22-19(17)20(26-30-22)15-7-6-8-16(12-15)29-4/h6-12,14H,5H2,1-4H3,(H,25,28)/t14-/m0/s1. The van der Waals surface area contributed by atoms with Gasteiger partial charge in [0.2, 0.25) is 0 Å². The molecule has 0 bridgehead atoms. The summed E-state index contributed by atoms with van der Waals surface area (Å²) in [5.41, 5.74) is 3.73. The molecule has 0 aliphatic carbocycles. The number of carbonyl (C=O) groups is 1. The predicted molar refractivity (Wildman–Crippen MR) is 112 cm³/mol. The number of hydrogen-bond donors (Lipinski definition) is 1. The van der Waals surface area contributed by atoms with E-state index in [0.29, 0.717) is 33.8 Å². The third-order valence-corrected chi connectivity index (χ3v) is 5.00. The number of amides is 1. The molecule has 0 aliphatic heterocycles. The molecule has 0 unspecified atom stereocenters. The van der Waals surface area contributed by atoms with Gasteiger partial charge in [0.25, 0.3) is 11.6 Å². The first-order valence-corrected chi connectivity index (χ1v) is 9.75. The highest BCUT2D eigenvalue weighted by atomic mass is 16.5. The van der Waals surface area contributed by atoms with E-state index in [0.717, 1.165) is 17.8 Å². The number of hydrogen-bond acceptors (Lipinski definition) is 6. The molecule has 30 heavy (non-hydrogen) atoms. The zero-order chi connectivity index (χ0) is 21.3. The number of ether oxygens (including phenoxy) is 1. The van der Waals surface area contributed by atoms with Crippen LogP contribution < -0.4 is 10.1 Å². The molecule has 0 radical (unpaired) electrons. The lowest BCUT2D eigenvalue weighted by atomic mass is 10.0. The van der Waals surface area contributed by atoms with Gasteiger partial charge in [0.15, 0.2) is 0 Å². The molecule has 0 spiro atoms. The fraction of sp³-hybridized carbons (Fsp3) is 0.273. The summed E-state index contributed by atoms with van der Waals surface area (Å²) in [6.45, 7) is 6.49. The van der Waals surface area contributed by atoms with Gasteiger partial charge in [0.1, 0.15) is 11.4 Å². The van der Waals surface area contributed by atoms with E-state index in [4.69, 9.17) is 9.26 Å².